The average Bonchev–Trinajstić information content (AvgIpc) is 2.46. The Balaban J connectivity index is 1.86. The number of hydrogen-bond acceptors (Lipinski definition) is 3. The van der Waals surface area contributed by atoms with Gasteiger partial charge in [0.15, 0.2) is 0 Å². The Labute approximate surface area is 146 Å². The van der Waals surface area contributed by atoms with Gasteiger partial charge in [-0.1, -0.05) is 28.1 Å². The van der Waals surface area contributed by atoms with Crippen molar-refractivity contribution in [2.24, 2.45) is 5.41 Å². The van der Waals surface area contributed by atoms with Gasteiger partial charge in [0, 0.05) is 16.4 Å². The fraction of sp³-hybridized carbons (Fsp3) is 0.611. The van der Waals surface area contributed by atoms with Crippen LogP contribution < -0.4 is 5.32 Å². The maximum atomic E-state index is 12.6. The SMILES string of the molecule is CC(C)(C)OC(=O)N1CC2(CCNCC2)C1c1ccc(Br)cc1. The van der Waals surface area contributed by atoms with Crippen molar-refractivity contribution in [2.75, 3.05) is 19.6 Å². The van der Waals surface area contributed by atoms with Crippen LogP contribution in [0.15, 0.2) is 28.7 Å². The predicted octanol–water partition coefficient (Wildman–Crippen LogP) is 4.11. The van der Waals surface area contributed by atoms with E-state index in [0.717, 1.165) is 36.9 Å². The number of nitrogens with one attached hydrogen (secondary N) is 1. The molecular formula is C18H25BrN2O2. The third-order valence-electron chi connectivity index (χ3n) is 4.79. The summed E-state index contributed by atoms with van der Waals surface area (Å²) in [5.41, 5.74) is 0.931. The monoisotopic (exact) mass is 380 g/mol. The number of carbonyl (C=O) groups is 1. The van der Waals surface area contributed by atoms with Crippen LogP contribution in [0.5, 0.6) is 0 Å². The number of amides is 1. The van der Waals surface area contributed by atoms with Crippen molar-refractivity contribution in [1.82, 2.24) is 10.2 Å². The fourth-order valence-corrected chi connectivity index (χ4v) is 4.02. The van der Waals surface area contributed by atoms with Gasteiger partial charge in [-0.15, -0.1) is 0 Å². The summed E-state index contributed by atoms with van der Waals surface area (Å²) in [6, 6.07) is 8.46. The first kappa shape index (κ1) is 16.8. The molecule has 4 nitrogen and oxygen atoms in total. The van der Waals surface area contributed by atoms with Gasteiger partial charge in [0.2, 0.25) is 0 Å². The minimum absolute atomic E-state index is 0.118. The molecule has 1 atom stereocenters. The first-order valence-corrected chi connectivity index (χ1v) is 9.06. The minimum atomic E-state index is -0.460. The second-order valence-electron chi connectivity index (χ2n) is 7.67. The Morgan fingerprint density at radius 1 is 1.26 bits per heavy atom. The summed E-state index contributed by atoms with van der Waals surface area (Å²) in [6.45, 7) is 8.59. The van der Waals surface area contributed by atoms with E-state index in [9.17, 15) is 4.79 Å². The number of carbonyl (C=O) groups excluding carboxylic acids is 1. The van der Waals surface area contributed by atoms with Crippen LogP contribution in [-0.4, -0.2) is 36.2 Å². The summed E-state index contributed by atoms with van der Waals surface area (Å²) in [5, 5.41) is 3.43. The first-order valence-electron chi connectivity index (χ1n) is 8.27. The molecule has 1 aromatic carbocycles. The largest absolute Gasteiger partial charge is 0.444 e. The summed E-state index contributed by atoms with van der Waals surface area (Å²) < 4.78 is 6.67. The molecule has 2 saturated heterocycles. The van der Waals surface area contributed by atoms with Crippen molar-refractivity contribution in [3.05, 3.63) is 34.3 Å². The molecule has 1 unspecified atom stereocenters. The van der Waals surface area contributed by atoms with Gasteiger partial charge in [0.25, 0.3) is 0 Å². The smallest absolute Gasteiger partial charge is 0.410 e. The molecule has 0 radical (unpaired) electrons. The van der Waals surface area contributed by atoms with Crippen molar-refractivity contribution >= 4 is 22.0 Å². The van der Waals surface area contributed by atoms with Gasteiger partial charge in [-0.05, 0) is 64.4 Å². The van der Waals surface area contributed by atoms with E-state index in [1.54, 1.807) is 0 Å². The van der Waals surface area contributed by atoms with Crippen molar-refractivity contribution < 1.29 is 9.53 Å². The molecule has 3 rings (SSSR count). The van der Waals surface area contributed by atoms with Gasteiger partial charge < -0.3 is 10.1 Å². The third kappa shape index (κ3) is 3.41. The third-order valence-corrected chi connectivity index (χ3v) is 5.32. The molecule has 0 saturated carbocycles. The van der Waals surface area contributed by atoms with E-state index in [1.807, 2.05) is 25.7 Å². The number of nitrogens with zero attached hydrogens (tertiary/aromatic N) is 1. The topological polar surface area (TPSA) is 41.6 Å². The van der Waals surface area contributed by atoms with Crippen LogP contribution in [0.4, 0.5) is 4.79 Å². The molecule has 1 aromatic rings. The van der Waals surface area contributed by atoms with Crippen molar-refractivity contribution in [2.45, 2.75) is 45.3 Å². The number of benzene rings is 1. The summed E-state index contributed by atoms with van der Waals surface area (Å²) in [7, 11) is 0. The van der Waals surface area contributed by atoms with Crippen LogP contribution in [0.25, 0.3) is 0 Å². The zero-order valence-corrected chi connectivity index (χ0v) is 15.6. The highest BCUT2D eigenvalue weighted by Gasteiger charge is 2.55. The van der Waals surface area contributed by atoms with E-state index in [0.29, 0.717) is 0 Å². The molecule has 1 spiro atoms. The molecule has 2 fully saturated rings. The number of hydrogen-bond donors (Lipinski definition) is 1. The van der Waals surface area contributed by atoms with Crippen LogP contribution in [0.3, 0.4) is 0 Å². The lowest BCUT2D eigenvalue weighted by Gasteiger charge is -2.59. The molecular weight excluding hydrogens is 356 g/mol. The maximum absolute atomic E-state index is 12.6. The average molecular weight is 381 g/mol. The van der Waals surface area contributed by atoms with E-state index in [4.69, 9.17) is 4.74 Å². The van der Waals surface area contributed by atoms with Crippen LogP contribution in [0.2, 0.25) is 0 Å². The lowest BCUT2D eigenvalue weighted by atomic mass is 9.63. The predicted molar refractivity (Wildman–Crippen MR) is 94.4 cm³/mol. The van der Waals surface area contributed by atoms with E-state index in [1.165, 1.54) is 5.56 Å². The molecule has 1 N–H and O–H groups in total. The van der Waals surface area contributed by atoms with Crippen molar-refractivity contribution in [3.63, 3.8) is 0 Å². The lowest BCUT2D eigenvalue weighted by molar-refractivity contribution is -0.0971. The fourth-order valence-electron chi connectivity index (χ4n) is 3.76. The number of halogens is 1. The minimum Gasteiger partial charge on any atom is -0.444 e. The Hall–Kier alpha value is -1.07. The Morgan fingerprint density at radius 3 is 2.43 bits per heavy atom. The Bertz CT molecular complexity index is 574. The molecule has 1 amide bonds. The molecule has 2 aliphatic heterocycles. The molecule has 0 bridgehead atoms. The standard InChI is InChI=1S/C18H25BrN2O2/c1-17(2,3)23-16(22)21-12-18(8-10-20-11-9-18)15(21)13-4-6-14(19)7-5-13/h4-7,15,20H,8-12H2,1-3H3. The number of rotatable bonds is 1. The van der Waals surface area contributed by atoms with E-state index < -0.39 is 5.60 Å². The van der Waals surface area contributed by atoms with Crippen LogP contribution in [0, 0.1) is 5.41 Å². The van der Waals surface area contributed by atoms with Gasteiger partial charge in [0.1, 0.15) is 5.60 Å². The van der Waals surface area contributed by atoms with Gasteiger partial charge in [-0.3, -0.25) is 4.90 Å². The van der Waals surface area contributed by atoms with Gasteiger partial charge >= 0.3 is 6.09 Å². The lowest BCUT2D eigenvalue weighted by Crippen LogP contribution is -2.63. The molecule has 2 aliphatic rings. The van der Waals surface area contributed by atoms with Gasteiger partial charge in [-0.25, -0.2) is 4.79 Å². The summed E-state index contributed by atoms with van der Waals surface area (Å²) in [4.78, 5) is 14.5. The van der Waals surface area contributed by atoms with E-state index in [-0.39, 0.29) is 17.6 Å². The van der Waals surface area contributed by atoms with E-state index >= 15 is 0 Å². The highest BCUT2D eigenvalue weighted by molar-refractivity contribution is 9.10. The Morgan fingerprint density at radius 2 is 1.87 bits per heavy atom. The maximum Gasteiger partial charge on any atom is 0.410 e. The molecule has 5 heteroatoms. The first-order chi connectivity index (χ1) is 10.8. The zero-order valence-electron chi connectivity index (χ0n) is 14.1. The molecule has 23 heavy (non-hydrogen) atoms. The second kappa shape index (κ2) is 6.10. The van der Waals surface area contributed by atoms with E-state index in [2.05, 4.69) is 45.5 Å². The summed E-state index contributed by atoms with van der Waals surface area (Å²) >= 11 is 3.49. The quantitative estimate of drug-likeness (QED) is 0.796. The molecule has 2 heterocycles. The molecule has 0 aliphatic carbocycles. The second-order valence-corrected chi connectivity index (χ2v) is 8.59. The van der Waals surface area contributed by atoms with Gasteiger partial charge in [-0.2, -0.15) is 0 Å². The van der Waals surface area contributed by atoms with Crippen LogP contribution in [-0.2, 0) is 4.74 Å². The van der Waals surface area contributed by atoms with Crippen LogP contribution >= 0.6 is 15.9 Å². The highest BCUT2D eigenvalue weighted by atomic mass is 79.9. The number of ether oxygens (including phenoxy) is 1. The Kier molecular flexibility index (Phi) is 4.45. The summed E-state index contributed by atoms with van der Waals surface area (Å²) in [6.07, 6.45) is 2.01. The summed E-state index contributed by atoms with van der Waals surface area (Å²) in [5.74, 6) is 0. The van der Waals surface area contributed by atoms with Crippen LogP contribution in [0.1, 0.15) is 45.2 Å². The highest BCUT2D eigenvalue weighted by Crippen LogP contribution is 2.54. The number of likely N-dealkylation sites (tertiary alicyclic amines) is 1. The van der Waals surface area contributed by atoms with Gasteiger partial charge in [0.05, 0.1) is 6.04 Å². The molecule has 0 aromatic heterocycles. The van der Waals surface area contributed by atoms with Crippen molar-refractivity contribution in [1.29, 1.82) is 0 Å². The molecule has 126 valence electrons. The van der Waals surface area contributed by atoms with Crippen molar-refractivity contribution in [3.8, 4) is 0 Å². The number of piperidine rings is 1. The normalized spacial score (nSPS) is 23.5. The zero-order chi connectivity index (χ0) is 16.7.